The second-order valence-electron chi connectivity index (χ2n) is 6.35. The van der Waals surface area contributed by atoms with Crippen molar-refractivity contribution in [2.45, 2.75) is 58.1 Å². The summed E-state index contributed by atoms with van der Waals surface area (Å²) in [6.45, 7) is 3.91. The highest BCUT2D eigenvalue weighted by atomic mass is 16.5. The molecule has 0 radical (unpaired) electrons. The molecule has 126 valence electrons. The van der Waals surface area contributed by atoms with Crippen molar-refractivity contribution >= 4 is 11.9 Å². The van der Waals surface area contributed by atoms with E-state index in [9.17, 15) is 9.59 Å². The van der Waals surface area contributed by atoms with Crippen molar-refractivity contribution in [1.82, 2.24) is 5.32 Å². The van der Waals surface area contributed by atoms with Gasteiger partial charge in [0.1, 0.15) is 5.75 Å². The molecule has 0 aliphatic heterocycles. The third-order valence-electron chi connectivity index (χ3n) is 4.40. The van der Waals surface area contributed by atoms with Gasteiger partial charge in [-0.15, -0.1) is 0 Å². The number of benzene rings is 1. The summed E-state index contributed by atoms with van der Waals surface area (Å²) < 4.78 is 5.65. The standard InChI is InChI=1S/C18H25NO4/c1-12-5-3-4-6-16(12)19-18(22)13(2)23-15-9-7-14(8-10-15)11-17(20)21/h7-10,12-13,16H,3-6,11H2,1-2H3,(H,19,22)(H,20,21). The van der Waals surface area contributed by atoms with Gasteiger partial charge >= 0.3 is 5.97 Å². The summed E-state index contributed by atoms with van der Waals surface area (Å²) in [4.78, 5) is 22.9. The molecular formula is C18H25NO4. The third kappa shape index (κ3) is 5.27. The van der Waals surface area contributed by atoms with Crippen LogP contribution in [0, 0.1) is 5.92 Å². The highest BCUT2D eigenvalue weighted by Crippen LogP contribution is 2.24. The zero-order valence-electron chi connectivity index (χ0n) is 13.7. The maximum absolute atomic E-state index is 12.3. The van der Waals surface area contributed by atoms with Gasteiger partial charge in [-0.3, -0.25) is 9.59 Å². The largest absolute Gasteiger partial charge is 0.481 e. The maximum atomic E-state index is 12.3. The van der Waals surface area contributed by atoms with Crippen LogP contribution in [0.3, 0.4) is 0 Å². The Morgan fingerprint density at radius 1 is 1.26 bits per heavy atom. The topological polar surface area (TPSA) is 75.6 Å². The van der Waals surface area contributed by atoms with Gasteiger partial charge < -0.3 is 15.2 Å². The van der Waals surface area contributed by atoms with E-state index in [4.69, 9.17) is 9.84 Å². The van der Waals surface area contributed by atoms with E-state index in [0.717, 1.165) is 19.3 Å². The van der Waals surface area contributed by atoms with E-state index < -0.39 is 12.1 Å². The van der Waals surface area contributed by atoms with Crippen LogP contribution in [0.25, 0.3) is 0 Å². The molecule has 3 atom stereocenters. The first-order chi connectivity index (χ1) is 11.0. The third-order valence-corrected chi connectivity index (χ3v) is 4.40. The number of hydrogen-bond acceptors (Lipinski definition) is 3. The molecular weight excluding hydrogens is 294 g/mol. The highest BCUT2D eigenvalue weighted by molar-refractivity contribution is 5.81. The molecule has 5 heteroatoms. The average molecular weight is 319 g/mol. The summed E-state index contributed by atoms with van der Waals surface area (Å²) in [5, 5.41) is 11.8. The van der Waals surface area contributed by atoms with Gasteiger partial charge in [-0.1, -0.05) is 31.9 Å². The SMILES string of the molecule is CC(Oc1ccc(CC(=O)O)cc1)C(=O)NC1CCCCC1C. The highest BCUT2D eigenvalue weighted by Gasteiger charge is 2.25. The van der Waals surface area contributed by atoms with E-state index in [1.807, 2.05) is 0 Å². The average Bonchev–Trinajstić information content (AvgIpc) is 2.51. The van der Waals surface area contributed by atoms with Gasteiger partial charge in [0.05, 0.1) is 6.42 Å². The van der Waals surface area contributed by atoms with E-state index >= 15 is 0 Å². The van der Waals surface area contributed by atoms with Crippen molar-refractivity contribution < 1.29 is 19.4 Å². The second-order valence-corrected chi connectivity index (χ2v) is 6.35. The number of aliphatic carboxylic acids is 1. The van der Waals surface area contributed by atoms with Gasteiger partial charge in [0, 0.05) is 6.04 Å². The van der Waals surface area contributed by atoms with E-state index in [-0.39, 0.29) is 18.4 Å². The molecule has 0 bridgehead atoms. The number of carbonyl (C=O) groups excluding carboxylic acids is 1. The molecule has 1 aliphatic rings. The van der Waals surface area contributed by atoms with Gasteiger partial charge in [-0.25, -0.2) is 0 Å². The lowest BCUT2D eigenvalue weighted by molar-refractivity contribution is -0.136. The summed E-state index contributed by atoms with van der Waals surface area (Å²) in [5.41, 5.74) is 0.706. The Balaban J connectivity index is 1.86. The summed E-state index contributed by atoms with van der Waals surface area (Å²) in [5.74, 6) is 0.111. The number of hydrogen-bond donors (Lipinski definition) is 2. The molecule has 1 fully saturated rings. The Hall–Kier alpha value is -2.04. The smallest absolute Gasteiger partial charge is 0.307 e. The molecule has 1 aliphatic carbocycles. The van der Waals surface area contributed by atoms with Gasteiger partial charge in [0.25, 0.3) is 5.91 Å². The minimum absolute atomic E-state index is 0.0180. The van der Waals surface area contributed by atoms with E-state index in [1.165, 1.54) is 6.42 Å². The van der Waals surface area contributed by atoms with Crippen molar-refractivity contribution in [1.29, 1.82) is 0 Å². The maximum Gasteiger partial charge on any atom is 0.307 e. The minimum Gasteiger partial charge on any atom is -0.481 e. The molecule has 0 heterocycles. The lowest BCUT2D eigenvalue weighted by Crippen LogP contribution is -2.46. The van der Waals surface area contributed by atoms with Crippen molar-refractivity contribution in [2.24, 2.45) is 5.92 Å². The Morgan fingerprint density at radius 3 is 2.52 bits per heavy atom. The quantitative estimate of drug-likeness (QED) is 0.845. The van der Waals surface area contributed by atoms with Crippen LogP contribution in [0.1, 0.15) is 45.1 Å². The second kappa shape index (κ2) is 7.99. The lowest BCUT2D eigenvalue weighted by Gasteiger charge is -2.30. The fraction of sp³-hybridized carbons (Fsp3) is 0.556. The van der Waals surface area contributed by atoms with E-state index in [0.29, 0.717) is 17.2 Å². The first-order valence-corrected chi connectivity index (χ1v) is 8.23. The van der Waals surface area contributed by atoms with Gasteiger partial charge in [0.15, 0.2) is 6.10 Å². The molecule has 1 aromatic carbocycles. The molecule has 2 N–H and O–H groups in total. The number of nitrogens with one attached hydrogen (secondary N) is 1. The number of carboxylic acids is 1. The fourth-order valence-electron chi connectivity index (χ4n) is 2.95. The minimum atomic E-state index is -0.868. The Kier molecular flexibility index (Phi) is 6.02. The van der Waals surface area contributed by atoms with Crippen LogP contribution in [-0.4, -0.2) is 29.1 Å². The fourth-order valence-corrected chi connectivity index (χ4v) is 2.95. The van der Waals surface area contributed by atoms with Crippen molar-refractivity contribution in [3.8, 4) is 5.75 Å². The van der Waals surface area contributed by atoms with Crippen LogP contribution in [0.2, 0.25) is 0 Å². The van der Waals surface area contributed by atoms with Crippen LogP contribution >= 0.6 is 0 Å². The van der Waals surface area contributed by atoms with Crippen LogP contribution in [-0.2, 0) is 16.0 Å². The molecule has 0 saturated heterocycles. The summed E-state index contributed by atoms with van der Waals surface area (Å²) in [7, 11) is 0. The van der Waals surface area contributed by atoms with Gasteiger partial charge in [0.2, 0.25) is 0 Å². The van der Waals surface area contributed by atoms with E-state index in [1.54, 1.807) is 31.2 Å². The van der Waals surface area contributed by atoms with Crippen LogP contribution in [0.4, 0.5) is 0 Å². The molecule has 0 aromatic heterocycles. The normalized spacial score (nSPS) is 22.2. The van der Waals surface area contributed by atoms with Crippen LogP contribution < -0.4 is 10.1 Å². The van der Waals surface area contributed by atoms with E-state index in [2.05, 4.69) is 12.2 Å². The zero-order valence-corrected chi connectivity index (χ0v) is 13.7. The molecule has 2 rings (SSSR count). The molecule has 0 spiro atoms. The van der Waals surface area contributed by atoms with Crippen molar-refractivity contribution in [3.63, 3.8) is 0 Å². The Morgan fingerprint density at radius 2 is 1.91 bits per heavy atom. The molecule has 3 unspecified atom stereocenters. The summed E-state index contributed by atoms with van der Waals surface area (Å²) in [6.07, 6.45) is 4.00. The summed E-state index contributed by atoms with van der Waals surface area (Å²) in [6, 6.07) is 7.05. The number of amides is 1. The molecule has 1 saturated carbocycles. The molecule has 5 nitrogen and oxygen atoms in total. The number of carboxylic acid groups (broad SMARTS) is 1. The zero-order chi connectivity index (χ0) is 16.8. The number of rotatable bonds is 6. The number of carbonyl (C=O) groups is 2. The predicted molar refractivity (Wildman–Crippen MR) is 87.4 cm³/mol. The predicted octanol–water partition coefficient (Wildman–Crippen LogP) is 2.78. The van der Waals surface area contributed by atoms with Crippen LogP contribution in [0.5, 0.6) is 5.75 Å². The Labute approximate surface area is 137 Å². The number of ether oxygens (including phenoxy) is 1. The molecule has 1 aromatic rings. The van der Waals surface area contributed by atoms with Gasteiger partial charge in [-0.05, 0) is 43.4 Å². The van der Waals surface area contributed by atoms with Gasteiger partial charge in [-0.2, -0.15) is 0 Å². The Bertz CT molecular complexity index is 540. The van der Waals surface area contributed by atoms with Crippen LogP contribution in [0.15, 0.2) is 24.3 Å². The lowest BCUT2D eigenvalue weighted by atomic mass is 9.86. The van der Waals surface area contributed by atoms with Crippen molar-refractivity contribution in [2.75, 3.05) is 0 Å². The first-order valence-electron chi connectivity index (χ1n) is 8.23. The molecule has 1 amide bonds. The summed E-state index contributed by atoms with van der Waals surface area (Å²) >= 11 is 0. The molecule has 23 heavy (non-hydrogen) atoms. The monoisotopic (exact) mass is 319 g/mol. The first kappa shape index (κ1) is 17.3. The van der Waals surface area contributed by atoms with Crippen molar-refractivity contribution in [3.05, 3.63) is 29.8 Å².